The molecule has 4 nitrogen and oxygen atoms in total. The fraction of sp³-hybridized carbons (Fsp3) is 0.583. The minimum Gasteiger partial charge on any atom is -0.478 e. The van der Waals surface area contributed by atoms with E-state index >= 15 is 0 Å². The average molecular weight is 226 g/mol. The molecule has 0 radical (unpaired) electrons. The number of carbonyl (C=O) groups is 1. The minimum atomic E-state index is -0.929. The van der Waals surface area contributed by atoms with Crippen LogP contribution >= 0.6 is 0 Å². The molecule has 90 valence electrons. The zero-order valence-electron chi connectivity index (χ0n) is 9.35. The van der Waals surface area contributed by atoms with Crippen molar-refractivity contribution in [2.24, 2.45) is 0 Å². The van der Waals surface area contributed by atoms with Crippen LogP contribution in [-0.2, 0) is 14.3 Å². The van der Waals surface area contributed by atoms with Gasteiger partial charge in [-0.3, -0.25) is 0 Å². The molecule has 0 aliphatic carbocycles. The molecular formula is C12H18O4. The van der Waals surface area contributed by atoms with Crippen molar-refractivity contribution in [2.45, 2.75) is 25.4 Å². The summed E-state index contributed by atoms with van der Waals surface area (Å²) in [6.07, 6.45) is 6.19. The average Bonchev–Trinajstić information content (AvgIpc) is 2.75. The van der Waals surface area contributed by atoms with Gasteiger partial charge in [-0.1, -0.05) is 12.2 Å². The van der Waals surface area contributed by atoms with E-state index in [4.69, 9.17) is 14.6 Å². The van der Waals surface area contributed by atoms with Gasteiger partial charge in [-0.05, 0) is 19.3 Å². The molecule has 0 saturated carbocycles. The van der Waals surface area contributed by atoms with Crippen LogP contribution < -0.4 is 0 Å². The number of carboxylic acid groups (broad SMARTS) is 1. The van der Waals surface area contributed by atoms with Crippen LogP contribution in [0.15, 0.2) is 24.3 Å². The second-order valence-corrected chi connectivity index (χ2v) is 3.71. The van der Waals surface area contributed by atoms with Gasteiger partial charge in [0.25, 0.3) is 0 Å². The van der Waals surface area contributed by atoms with E-state index in [0.29, 0.717) is 13.0 Å². The molecule has 16 heavy (non-hydrogen) atoms. The smallest absolute Gasteiger partial charge is 0.333 e. The van der Waals surface area contributed by atoms with Crippen molar-refractivity contribution in [3.05, 3.63) is 24.3 Å². The Labute approximate surface area is 95.6 Å². The molecule has 0 aromatic carbocycles. The van der Waals surface area contributed by atoms with Crippen molar-refractivity contribution in [1.82, 2.24) is 0 Å². The van der Waals surface area contributed by atoms with Crippen molar-refractivity contribution in [3.8, 4) is 0 Å². The zero-order chi connectivity index (χ0) is 11.8. The lowest BCUT2D eigenvalue weighted by molar-refractivity contribution is -0.133. The molecule has 0 amide bonds. The first kappa shape index (κ1) is 12.9. The van der Waals surface area contributed by atoms with Crippen molar-refractivity contribution in [1.29, 1.82) is 0 Å². The summed E-state index contributed by atoms with van der Waals surface area (Å²) in [5.41, 5.74) is 0.289. The summed E-state index contributed by atoms with van der Waals surface area (Å²) in [5, 5.41) is 8.93. The highest BCUT2D eigenvalue weighted by molar-refractivity contribution is 5.86. The van der Waals surface area contributed by atoms with Gasteiger partial charge in [0, 0.05) is 6.61 Å². The summed E-state index contributed by atoms with van der Waals surface area (Å²) < 4.78 is 10.5. The van der Waals surface area contributed by atoms with Gasteiger partial charge in [0.1, 0.15) is 0 Å². The maximum Gasteiger partial charge on any atom is 0.333 e. The van der Waals surface area contributed by atoms with Gasteiger partial charge in [0.05, 0.1) is 24.9 Å². The molecule has 1 atom stereocenters. The Hall–Kier alpha value is -1.13. The highest BCUT2D eigenvalue weighted by Crippen LogP contribution is 2.16. The van der Waals surface area contributed by atoms with E-state index < -0.39 is 5.97 Å². The van der Waals surface area contributed by atoms with E-state index in [2.05, 4.69) is 6.58 Å². The lowest BCUT2D eigenvalue weighted by atomic mass is 10.1. The topological polar surface area (TPSA) is 55.8 Å². The number of carboxylic acids is 1. The fourth-order valence-corrected chi connectivity index (χ4v) is 1.56. The predicted molar refractivity (Wildman–Crippen MR) is 60.3 cm³/mol. The van der Waals surface area contributed by atoms with Crippen molar-refractivity contribution in [3.63, 3.8) is 0 Å². The molecule has 1 rings (SSSR count). The lowest BCUT2D eigenvalue weighted by Gasteiger charge is -2.07. The highest BCUT2D eigenvalue weighted by atomic mass is 16.5. The summed E-state index contributed by atoms with van der Waals surface area (Å²) in [6.45, 7) is 4.77. The maximum atomic E-state index is 10.9. The molecule has 1 saturated heterocycles. The third-order valence-electron chi connectivity index (χ3n) is 2.42. The molecule has 1 unspecified atom stereocenters. The molecule has 1 fully saturated rings. The van der Waals surface area contributed by atoms with Crippen molar-refractivity contribution < 1.29 is 19.4 Å². The third kappa shape index (κ3) is 4.59. The molecule has 1 aliphatic heterocycles. The predicted octanol–water partition coefficient (Wildman–Crippen LogP) is 1.77. The molecular weight excluding hydrogens is 208 g/mol. The Morgan fingerprint density at radius 3 is 3.00 bits per heavy atom. The second kappa shape index (κ2) is 7.19. The number of aliphatic carboxylic acids is 1. The first-order valence-electron chi connectivity index (χ1n) is 5.46. The molecule has 1 heterocycles. The van der Waals surface area contributed by atoms with Crippen LogP contribution in [0.5, 0.6) is 0 Å². The third-order valence-corrected chi connectivity index (χ3v) is 2.42. The van der Waals surface area contributed by atoms with E-state index in [1.807, 2.05) is 0 Å². The summed E-state index contributed by atoms with van der Waals surface area (Å²) in [4.78, 5) is 10.9. The van der Waals surface area contributed by atoms with Gasteiger partial charge in [0.2, 0.25) is 0 Å². The zero-order valence-corrected chi connectivity index (χ0v) is 9.35. The second-order valence-electron chi connectivity index (χ2n) is 3.71. The molecule has 1 N–H and O–H groups in total. The Kier molecular flexibility index (Phi) is 5.82. The quantitative estimate of drug-likeness (QED) is 0.408. The summed E-state index contributed by atoms with van der Waals surface area (Å²) in [6, 6.07) is 0. The molecule has 1 aliphatic rings. The fourth-order valence-electron chi connectivity index (χ4n) is 1.56. The van der Waals surface area contributed by atoms with Gasteiger partial charge in [0.15, 0.2) is 0 Å². The first-order valence-corrected chi connectivity index (χ1v) is 5.46. The molecule has 0 aromatic heterocycles. The minimum absolute atomic E-state index is 0.119. The van der Waals surface area contributed by atoms with Gasteiger partial charge in [-0.15, -0.1) is 6.58 Å². The summed E-state index contributed by atoms with van der Waals surface area (Å²) >= 11 is 0. The number of ether oxygens (including phenoxy) is 2. The van der Waals surface area contributed by atoms with Crippen LogP contribution in [0.4, 0.5) is 0 Å². The van der Waals surface area contributed by atoms with Crippen LogP contribution in [0, 0.1) is 0 Å². The van der Waals surface area contributed by atoms with Crippen LogP contribution in [0.3, 0.4) is 0 Å². The lowest BCUT2D eigenvalue weighted by Crippen LogP contribution is -2.10. The number of hydrogen-bond donors (Lipinski definition) is 1. The van der Waals surface area contributed by atoms with E-state index in [1.165, 1.54) is 0 Å². The van der Waals surface area contributed by atoms with E-state index in [0.717, 1.165) is 19.4 Å². The van der Waals surface area contributed by atoms with Gasteiger partial charge >= 0.3 is 5.97 Å². The van der Waals surface area contributed by atoms with Gasteiger partial charge in [-0.2, -0.15) is 0 Å². The van der Waals surface area contributed by atoms with Crippen LogP contribution in [0.2, 0.25) is 0 Å². The molecule has 0 aromatic rings. The largest absolute Gasteiger partial charge is 0.478 e. The van der Waals surface area contributed by atoms with Crippen LogP contribution in [0.25, 0.3) is 0 Å². The first-order chi connectivity index (χ1) is 7.74. The van der Waals surface area contributed by atoms with Crippen molar-refractivity contribution in [2.75, 3.05) is 19.8 Å². The standard InChI is InChI=1S/C12H18O4/c1-2-7-15-9-10(12(13)14)5-6-11-4-3-8-16-11/h2,5,11H,1,3-4,6-9H2,(H,13,14). The summed E-state index contributed by atoms with van der Waals surface area (Å²) in [5.74, 6) is -0.929. The maximum absolute atomic E-state index is 10.9. The molecule has 0 bridgehead atoms. The highest BCUT2D eigenvalue weighted by Gasteiger charge is 2.15. The Balaban J connectivity index is 2.37. The van der Waals surface area contributed by atoms with E-state index in [9.17, 15) is 4.79 Å². The monoisotopic (exact) mass is 226 g/mol. The molecule has 0 spiro atoms. The van der Waals surface area contributed by atoms with Crippen LogP contribution in [-0.4, -0.2) is 37.0 Å². The Bertz CT molecular complexity index is 264. The van der Waals surface area contributed by atoms with E-state index in [-0.39, 0.29) is 18.3 Å². The Morgan fingerprint density at radius 2 is 2.44 bits per heavy atom. The Morgan fingerprint density at radius 1 is 1.62 bits per heavy atom. The van der Waals surface area contributed by atoms with Gasteiger partial charge in [-0.25, -0.2) is 4.79 Å². The molecule has 4 heteroatoms. The number of hydrogen-bond acceptors (Lipinski definition) is 3. The van der Waals surface area contributed by atoms with Gasteiger partial charge < -0.3 is 14.6 Å². The van der Waals surface area contributed by atoms with E-state index in [1.54, 1.807) is 12.2 Å². The summed E-state index contributed by atoms with van der Waals surface area (Å²) in [7, 11) is 0. The SMILES string of the molecule is C=CCOCC(=CCC1CCCO1)C(=O)O. The number of rotatable bonds is 7. The van der Waals surface area contributed by atoms with Crippen LogP contribution in [0.1, 0.15) is 19.3 Å². The van der Waals surface area contributed by atoms with Crippen molar-refractivity contribution >= 4 is 5.97 Å². The normalized spacial score (nSPS) is 21.0.